The van der Waals surface area contributed by atoms with Crippen LogP contribution in [0.1, 0.15) is 61.8 Å². The molecule has 0 bridgehead atoms. The fourth-order valence-electron chi connectivity index (χ4n) is 4.47. The van der Waals surface area contributed by atoms with Crippen LogP contribution in [0, 0.1) is 29.6 Å². The predicted octanol–water partition coefficient (Wildman–Crippen LogP) is 0.153. The Kier molecular flexibility index (Phi) is 16.6. The minimum atomic E-state index is -3.01. The first kappa shape index (κ1) is 40.7. The highest BCUT2D eigenvalue weighted by Gasteiger charge is 2.26. The van der Waals surface area contributed by atoms with Crippen LogP contribution in [0.3, 0.4) is 0 Å². The summed E-state index contributed by atoms with van der Waals surface area (Å²) in [5, 5.41) is 2.96. The molecule has 4 unspecified atom stereocenters. The normalized spacial score (nSPS) is 31.8. The summed E-state index contributed by atoms with van der Waals surface area (Å²) < 4.78 is 87.0. The molecule has 0 aromatic rings. The molecule has 0 spiro atoms. The summed E-state index contributed by atoms with van der Waals surface area (Å²) in [6.45, 7) is 19.9. The number of nitrogens with zero attached hydrogens (tertiary/aromatic N) is 1. The molecule has 4 saturated heterocycles. The highest BCUT2D eigenvalue weighted by atomic mass is 32.2. The SMILES string of the molecule is C=S1(=O)CC(C(C)C)CN1.CC(C)C1CCS(=O)(=O)NC1.CC(C)C1CNS(=O)(=O)CN1.CC(C)N1CCS(=O)(=O)NC1. The van der Waals surface area contributed by atoms with Crippen LogP contribution < -0.4 is 24.2 Å². The summed E-state index contributed by atoms with van der Waals surface area (Å²) in [4.78, 5) is 2.08. The first-order valence-corrected chi connectivity index (χ1v) is 21.9. The number of hydrogen-bond donors (Lipinski definition) is 5. The lowest BCUT2D eigenvalue weighted by Gasteiger charge is -2.30. The van der Waals surface area contributed by atoms with Gasteiger partial charge in [0.05, 0.1) is 18.2 Å². The molecule has 43 heavy (non-hydrogen) atoms. The highest BCUT2D eigenvalue weighted by molar-refractivity contribution is 7.98. The first-order chi connectivity index (χ1) is 19.5. The van der Waals surface area contributed by atoms with E-state index in [0.717, 1.165) is 18.7 Å². The third kappa shape index (κ3) is 16.7. The van der Waals surface area contributed by atoms with Gasteiger partial charge in [0.1, 0.15) is 5.88 Å². The van der Waals surface area contributed by atoms with Gasteiger partial charge in [-0.05, 0) is 55.7 Å². The Balaban J connectivity index is 0.000000287. The minimum absolute atomic E-state index is 0.0514. The van der Waals surface area contributed by atoms with Crippen molar-refractivity contribution in [2.75, 3.05) is 56.0 Å². The summed E-state index contributed by atoms with van der Waals surface area (Å²) in [5.41, 5.74) is 0. The molecule has 0 aromatic carbocycles. The molecule has 4 heterocycles. The second kappa shape index (κ2) is 17.5. The molecule has 13 nitrogen and oxygen atoms in total. The van der Waals surface area contributed by atoms with E-state index in [4.69, 9.17) is 0 Å². The van der Waals surface area contributed by atoms with Crippen molar-refractivity contribution >= 4 is 45.6 Å². The van der Waals surface area contributed by atoms with Crippen molar-refractivity contribution in [1.29, 1.82) is 0 Å². The van der Waals surface area contributed by atoms with Gasteiger partial charge in [-0.1, -0.05) is 41.5 Å². The van der Waals surface area contributed by atoms with E-state index in [1.807, 2.05) is 0 Å². The van der Waals surface area contributed by atoms with Gasteiger partial charge in [0, 0.05) is 53.7 Å². The van der Waals surface area contributed by atoms with Crippen molar-refractivity contribution in [2.45, 2.75) is 73.9 Å². The lowest BCUT2D eigenvalue weighted by Crippen LogP contribution is -2.53. The lowest BCUT2D eigenvalue weighted by molar-refractivity contribution is 0.221. The van der Waals surface area contributed by atoms with Gasteiger partial charge in [-0.2, -0.15) is 0 Å². The fraction of sp³-hybridized carbons (Fsp3) is 0.962. The van der Waals surface area contributed by atoms with Crippen LogP contribution in [0.2, 0.25) is 0 Å². The Hall–Kier alpha value is -0.370. The zero-order valence-corrected chi connectivity index (χ0v) is 30.5. The summed E-state index contributed by atoms with van der Waals surface area (Å²) in [6, 6.07) is 0.691. The third-order valence-electron chi connectivity index (χ3n) is 8.03. The van der Waals surface area contributed by atoms with Crippen LogP contribution in [-0.4, -0.2) is 108 Å². The van der Waals surface area contributed by atoms with Crippen LogP contribution in [0.25, 0.3) is 0 Å². The van der Waals surface area contributed by atoms with Gasteiger partial charge in [0.25, 0.3) is 0 Å². The Morgan fingerprint density at radius 2 is 1.19 bits per heavy atom. The van der Waals surface area contributed by atoms with Crippen LogP contribution in [-0.2, 0) is 39.8 Å². The molecule has 0 aliphatic carbocycles. The number of sulfonamides is 3. The Morgan fingerprint density at radius 1 is 0.651 bits per heavy atom. The smallest absolute Gasteiger partial charge is 0.224 e. The van der Waals surface area contributed by atoms with Gasteiger partial charge < -0.3 is 0 Å². The molecule has 4 aliphatic rings. The predicted molar refractivity (Wildman–Crippen MR) is 178 cm³/mol. The molecule has 17 heteroatoms. The van der Waals surface area contributed by atoms with E-state index in [1.54, 1.807) is 0 Å². The van der Waals surface area contributed by atoms with Crippen LogP contribution in [0.15, 0.2) is 0 Å². The first-order valence-electron chi connectivity index (χ1n) is 15.0. The molecule has 0 saturated carbocycles. The second-order valence-corrected chi connectivity index (χ2v) is 20.9. The zero-order valence-electron chi connectivity index (χ0n) is 27.3. The zero-order chi connectivity index (χ0) is 33.2. The van der Waals surface area contributed by atoms with Crippen molar-refractivity contribution < 1.29 is 29.5 Å². The summed E-state index contributed by atoms with van der Waals surface area (Å²) in [5.74, 6) is 7.71. The molecule has 4 rings (SSSR count). The average molecular weight is 695 g/mol. The topological polar surface area (TPSA) is 183 Å². The van der Waals surface area contributed by atoms with Gasteiger partial charge in [-0.25, -0.2) is 44.1 Å². The van der Waals surface area contributed by atoms with Gasteiger partial charge in [-0.3, -0.25) is 14.4 Å². The molecule has 4 aliphatic heterocycles. The quantitative estimate of drug-likeness (QED) is 0.256. The van der Waals surface area contributed by atoms with E-state index in [9.17, 15) is 29.5 Å². The Morgan fingerprint density at radius 3 is 1.51 bits per heavy atom. The lowest BCUT2D eigenvalue weighted by atomic mass is 9.93. The summed E-state index contributed by atoms with van der Waals surface area (Å²) >= 11 is 0. The Labute approximate surface area is 262 Å². The number of rotatable bonds is 4. The maximum absolute atomic E-state index is 11.3. The molecule has 0 aromatic heterocycles. The van der Waals surface area contributed by atoms with Crippen molar-refractivity contribution in [2.24, 2.45) is 29.6 Å². The second-order valence-electron chi connectivity index (χ2n) is 13.0. The van der Waals surface area contributed by atoms with E-state index < -0.39 is 39.8 Å². The Bertz CT molecular complexity index is 1110. The summed E-state index contributed by atoms with van der Waals surface area (Å²) in [7, 11) is -10.7. The number of nitrogens with one attached hydrogen (secondary N) is 5. The fourth-order valence-corrected chi connectivity index (χ4v) is 9.48. The third-order valence-corrected chi connectivity index (χ3v) is 13.5. The highest BCUT2D eigenvalue weighted by Crippen LogP contribution is 2.19. The molecule has 4 fully saturated rings. The van der Waals surface area contributed by atoms with Crippen LogP contribution >= 0.6 is 0 Å². The molecule has 0 radical (unpaired) electrons. The van der Waals surface area contributed by atoms with Crippen LogP contribution in [0.4, 0.5) is 0 Å². The van der Waals surface area contributed by atoms with Crippen molar-refractivity contribution in [1.82, 2.24) is 29.1 Å². The largest absolute Gasteiger partial charge is 0.298 e. The molecule has 5 N–H and O–H groups in total. The number of hydrogen-bond acceptors (Lipinski definition) is 9. The maximum Gasteiger partial charge on any atom is 0.224 e. The molecule has 4 atom stereocenters. The molecular weight excluding hydrogens is 637 g/mol. The monoisotopic (exact) mass is 694 g/mol. The molecular formula is C26H58N6O7S4. The molecule has 0 amide bonds. The standard InChI is InChI=1S/C7H15NO2S.C7H15NOS.2C6H14N2O2S/c1-6(2)7-3-4-11(9,10)8-5-7;1-6(2)7-4-8-10(3,9)5-7;1-5(2)6-3-8-11(9,10)4-7-6;1-6(2)8-3-4-11(9,10)7-5-8/h6-8H,3-5H2,1-2H3;6-7H,3-5H2,1-2H3,(H,8,9);5-8H,3-4H2,1-2H3;6-7H,3-5H2,1-2H3. The van der Waals surface area contributed by atoms with Crippen LogP contribution in [0.5, 0.6) is 0 Å². The van der Waals surface area contributed by atoms with E-state index in [-0.39, 0.29) is 17.7 Å². The maximum atomic E-state index is 11.3. The minimum Gasteiger partial charge on any atom is -0.298 e. The van der Waals surface area contributed by atoms with Gasteiger partial charge in [-0.15, -0.1) is 0 Å². The van der Waals surface area contributed by atoms with Gasteiger partial charge in [0.2, 0.25) is 30.1 Å². The summed E-state index contributed by atoms with van der Waals surface area (Å²) in [6.07, 6.45) is 0.812. The van der Waals surface area contributed by atoms with Crippen molar-refractivity contribution in [3.63, 3.8) is 0 Å². The molecule has 258 valence electrons. The van der Waals surface area contributed by atoms with E-state index in [1.165, 1.54) is 0 Å². The van der Waals surface area contributed by atoms with E-state index in [0.29, 0.717) is 67.7 Å². The van der Waals surface area contributed by atoms with E-state index in [2.05, 4.69) is 90.4 Å². The van der Waals surface area contributed by atoms with Crippen molar-refractivity contribution in [3.05, 3.63) is 0 Å². The van der Waals surface area contributed by atoms with Gasteiger partial charge in [0.15, 0.2) is 0 Å². The van der Waals surface area contributed by atoms with Crippen molar-refractivity contribution in [3.8, 4) is 0 Å². The van der Waals surface area contributed by atoms with E-state index >= 15 is 0 Å². The average Bonchev–Trinajstić information content (AvgIpc) is 3.24. The van der Waals surface area contributed by atoms with Gasteiger partial charge >= 0.3 is 0 Å².